The molecule has 0 radical (unpaired) electrons. The first-order valence-corrected chi connectivity index (χ1v) is 14.6. The number of rotatable bonds is 3. The molecule has 7 aromatic carbocycles. The second-order valence-electron chi connectivity index (χ2n) is 11.1. The summed E-state index contributed by atoms with van der Waals surface area (Å²) in [5.74, 6) is 0.675. The van der Waals surface area contributed by atoms with Gasteiger partial charge in [-0.1, -0.05) is 121 Å². The largest absolute Gasteiger partial charge is 0.278 e. The highest BCUT2D eigenvalue weighted by Crippen LogP contribution is 2.36. The highest BCUT2D eigenvalue weighted by Gasteiger charge is 2.17. The lowest BCUT2D eigenvalue weighted by molar-refractivity contribution is 1.01. The summed E-state index contributed by atoms with van der Waals surface area (Å²) in [6, 6.07) is 53.8. The summed E-state index contributed by atoms with van der Waals surface area (Å²) in [7, 11) is 0. The van der Waals surface area contributed by atoms with Crippen LogP contribution in [0.3, 0.4) is 0 Å². The van der Waals surface area contributed by atoms with E-state index < -0.39 is 0 Å². The number of nitrogens with zero attached hydrogens (tertiary/aromatic N) is 3. The van der Waals surface area contributed by atoms with Crippen molar-refractivity contribution in [2.24, 2.45) is 0 Å². The topological polar surface area (TPSA) is 30.7 Å². The molecule has 2 aromatic heterocycles. The number of fused-ring (bicyclic) bond motifs is 6. The minimum atomic E-state index is 0.675. The van der Waals surface area contributed by atoms with Crippen molar-refractivity contribution in [1.29, 1.82) is 0 Å². The summed E-state index contributed by atoms with van der Waals surface area (Å²) < 4.78 is 2.22. The maximum atomic E-state index is 5.29. The Morgan fingerprint density at radius 1 is 0.372 bits per heavy atom. The summed E-state index contributed by atoms with van der Waals surface area (Å²) in [5, 5.41) is 8.36. The number of benzene rings is 7. The predicted octanol–water partition coefficient (Wildman–Crippen LogP) is 10.4. The molecule has 3 nitrogen and oxygen atoms in total. The van der Waals surface area contributed by atoms with Crippen molar-refractivity contribution in [3.05, 3.63) is 152 Å². The molecule has 0 amide bonds. The van der Waals surface area contributed by atoms with Gasteiger partial charge >= 0.3 is 0 Å². The average Bonchev–Trinajstić information content (AvgIpc) is 3.39. The summed E-state index contributed by atoms with van der Waals surface area (Å²) in [6.07, 6.45) is 0. The molecule has 9 aromatic rings. The van der Waals surface area contributed by atoms with E-state index in [1.807, 2.05) is 6.07 Å². The van der Waals surface area contributed by atoms with Gasteiger partial charge in [-0.3, -0.25) is 4.57 Å². The molecule has 0 atom stereocenters. The first-order valence-electron chi connectivity index (χ1n) is 14.6. The molecular weight excluding hydrogens is 522 g/mol. The average molecular weight is 548 g/mol. The van der Waals surface area contributed by atoms with E-state index in [4.69, 9.17) is 9.97 Å². The molecule has 2 heterocycles. The second kappa shape index (κ2) is 9.37. The molecule has 0 aliphatic rings. The number of hydrogen-bond acceptors (Lipinski definition) is 2. The Kier molecular flexibility index (Phi) is 5.20. The van der Waals surface area contributed by atoms with Crippen LogP contribution in [-0.4, -0.2) is 14.5 Å². The van der Waals surface area contributed by atoms with Gasteiger partial charge in [-0.2, -0.15) is 0 Å². The number of para-hydroxylation sites is 2. The van der Waals surface area contributed by atoms with E-state index in [0.29, 0.717) is 5.95 Å². The van der Waals surface area contributed by atoms with E-state index >= 15 is 0 Å². The molecular formula is C40H25N3. The van der Waals surface area contributed by atoms with Crippen LogP contribution >= 0.6 is 0 Å². The smallest absolute Gasteiger partial charge is 0.235 e. The van der Waals surface area contributed by atoms with E-state index in [0.717, 1.165) is 33.2 Å². The standard InChI is InChI=1S/C40H25N3/c1-2-10-29-23-32(22-19-26(29)9-1)27-17-20-28(21-18-27)39-34-14-5-7-15-36(34)41-40(42-39)43-37-16-8-6-13-33(37)35-24-30-11-3-4-12-31(30)25-38(35)43/h1-25H. The maximum absolute atomic E-state index is 5.29. The van der Waals surface area contributed by atoms with Gasteiger partial charge in [-0.05, 0) is 63.0 Å². The van der Waals surface area contributed by atoms with Gasteiger partial charge in [0.25, 0.3) is 0 Å². The fourth-order valence-corrected chi connectivity index (χ4v) is 6.44. The monoisotopic (exact) mass is 547 g/mol. The highest BCUT2D eigenvalue weighted by molar-refractivity contribution is 6.13. The van der Waals surface area contributed by atoms with Crippen molar-refractivity contribution in [3.8, 4) is 28.3 Å². The molecule has 43 heavy (non-hydrogen) atoms. The SMILES string of the molecule is c1ccc2cc(-c3ccc(-c4nc(-n5c6ccccc6c6cc7ccccc7cc65)nc5ccccc45)cc3)ccc2c1. The highest BCUT2D eigenvalue weighted by atomic mass is 15.2. The van der Waals surface area contributed by atoms with Crippen LogP contribution in [0.2, 0.25) is 0 Å². The van der Waals surface area contributed by atoms with Crippen LogP contribution in [0.5, 0.6) is 0 Å². The first-order chi connectivity index (χ1) is 21.3. The molecule has 0 bridgehead atoms. The van der Waals surface area contributed by atoms with Crippen LogP contribution in [0.1, 0.15) is 0 Å². The molecule has 9 rings (SSSR count). The predicted molar refractivity (Wildman–Crippen MR) is 180 cm³/mol. The minimum Gasteiger partial charge on any atom is -0.278 e. The van der Waals surface area contributed by atoms with Crippen LogP contribution < -0.4 is 0 Å². The minimum absolute atomic E-state index is 0.675. The third-order valence-electron chi connectivity index (χ3n) is 8.57. The van der Waals surface area contributed by atoms with Crippen LogP contribution in [0.25, 0.3) is 82.6 Å². The van der Waals surface area contributed by atoms with E-state index in [2.05, 4.69) is 150 Å². The summed E-state index contributed by atoms with van der Waals surface area (Å²) in [6.45, 7) is 0. The Bertz CT molecular complexity index is 2500. The van der Waals surface area contributed by atoms with Gasteiger partial charge < -0.3 is 0 Å². The Hall–Kier alpha value is -5.80. The normalized spacial score (nSPS) is 11.7. The fourth-order valence-electron chi connectivity index (χ4n) is 6.44. The maximum Gasteiger partial charge on any atom is 0.235 e. The van der Waals surface area contributed by atoms with Crippen LogP contribution in [0.4, 0.5) is 0 Å². The van der Waals surface area contributed by atoms with Crippen LogP contribution in [0, 0.1) is 0 Å². The molecule has 0 saturated carbocycles. The lowest BCUT2D eigenvalue weighted by atomic mass is 9.99. The van der Waals surface area contributed by atoms with Gasteiger partial charge in [0.1, 0.15) is 0 Å². The molecule has 0 fully saturated rings. The first kappa shape index (κ1) is 23.9. The second-order valence-corrected chi connectivity index (χ2v) is 11.1. The Balaban J connectivity index is 1.25. The van der Waals surface area contributed by atoms with Gasteiger partial charge in [0.2, 0.25) is 5.95 Å². The lowest BCUT2D eigenvalue weighted by Crippen LogP contribution is -2.03. The van der Waals surface area contributed by atoms with Crippen LogP contribution in [0.15, 0.2) is 152 Å². The van der Waals surface area contributed by atoms with E-state index in [1.54, 1.807) is 0 Å². The van der Waals surface area contributed by atoms with Crippen LogP contribution in [-0.2, 0) is 0 Å². The molecule has 0 N–H and O–H groups in total. The lowest BCUT2D eigenvalue weighted by Gasteiger charge is -2.12. The van der Waals surface area contributed by atoms with E-state index in [9.17, 15) is 0 Å². The Morgan fingerprint density at radius 3 is 1.79 bits per heavy atom. The Labute approximate surface area is 248 Å². The Morgan fingerprint density at radius 2 is 0.977 bits per heavy atom. The number of hydrogen-bond donors (Lipinski definition) is 0. The quantitative estimate of drug-likeness (QED) is 0.220. The number of aromatic nitrogens is 3. The van der Waals surface area contributed by atoms with Crippen molar-refractivity contribution < 1.29 is 0 Å². The zero-order chi connectivity index (χ0) is 28.3. The summed E-state index contributed by atoms with van der Waals surface area (Å²) in [5.41, 5.74) is 7.51. The summed E-state index contributed by atoms with van der Waals surface area (Å²) in [4.78, 5) is 10.4. The van der Waals surface area contributed by atoms with Crippen molar-refractivity contribution >= 4 is 54.3 Å². The summed E-state index contributed by atoms with van der Waals surface area (Å²) >= 11 is 0. The molecule has 0 spiro atoms. The van der Waals surface area contributed by atoms with Crippen molar-refractivity contribution in [2.45, 2.75) is 0 Å². The van der Waals surface area contributed by atoms with Crippen molar-refractivity contribution in [3.63, 3.8) is 0 Å². The third-order valence-corrected chi connectivity index (χ3v) is 8.57. The van der Waals surface area contributed by atoms with Gasteiger partial charge in [-0.15, -0.1) is 0 Å². The molecule has 0 saturated heterocycles. The van der Waals surface area contributed by atoms with E-state index in [1.165, 1.54) is 43.4 Å². The van der Waals surface area contributed by atoms with Gasteiger partial charge in [-0.25, -0.2) is 9.97 Å². The zero-order valence-electron chi connectivity index (χ0n) is 23.3. The van der Waals surface area contributed by atoms with Gasteiger partial charge in [0.05, 0.1) is 22.2 Å². The third kappa shape index (κ3) is 3.83. The zero-order valence-corrected chi connectivity index (χ0v) is 23.3. The van der Waals surface area contributed by atoms with E-state index in [-0.39, 0.29) is 0 Å². The molecule has 0 aliphatic carbocycles. The molecule has 200 valence electrons. The van der Waals surface area contributed by atoms with Crippen molar-refractivity contribution in [2.75, 3.05) is 0 Å². The van der Waals surface area contributed by atoms with Crippen molar-refractivity contribution in [1.82, 2.24) is 14.5 Å². The van der Waals surface area contributed by atoms with Gasteiger partial charge in [0.15, 0.2) is 0 Å². The van der Waals surface area contributed by atoms with Gasteiger partial charge in [0, 0.05) is 21.7 Å². The molecule has 0 unspecified atom stereocenters. The fraction of sp³-hybridized carbons (Fsp3) is 0. The molecule has 3 heteroatoms. The molecule has 0 aliphatic heterocycles.